The number of aromatic nitrogens is 4. The van der Waals surface area contributed by atoms with Gasteiger partial charge in [-0.25, -0.2) is 0 Å². The largest absolute Gasteiger partial charge is 0.322 e. The van der Waals surface area contributed by atoms with Crippen molar-refractivity contribution in [2.45, 2.75) is 25.4 Å². The van der Waals surface area contributed by atoms with Crippen LogP contribution in [0.25, 0.3) is 33.4 Å². The highest BCUT2D eigenvalue weighted by molar-refractivity contribution is 6.05. The molecule has 9 heteroatoms. The number of rotatable bonds is 3. The Balaban J connectivity index is 1.36. The lowest BCUT2D eigenvalue weighted by atomic mass is 9.98. The van der Waals surface area contributed by atoms with E-state index in [-0.39, 0.29) is 18.2 Å². The lowest BCUT2D eigenvalue weighted by Gasteiger charge is -2.29. The van der Waals surface area contributed by atoms with Gasteiger partial charge in [-0.2, -0.15) is 5.10 Å². The van der Waals surface area contributed by atoms with E-state index in [1.807, 2.05) is 54.3 Å². The minimum absolute atomic E-state index is 0.185. The van der Waals surface area contributed by atoms with Crippen molar-refractivity contribution in [3.8, 4) is 22.4 Å². The highest BCUT2D eigenvalue weighted by Gasteiger charge is 2.39. The predicted molar refractivity (Wildman–Crippen MR) is 123 cm³/mol. The molecule has 2 aromatic carbocycles. The van der Waals surface area contributed by atoms with Crippen LogP contribution in [0.2, 0.25) is 0 Å². The number of amides is 3. The topological polar surface area (TPSA) is 110 Å². The zero-order chi connectivity index (χ0) is 23.4. The second kappa shape index (κ2) is 7.58. The zero-order valence-corrected chi connectivity index (χ0v) is 18.4. The van der Waals surface area contributed by atoms with Gasteiger partial charge in [-0.1, -0.05) is 12.1 Å². The van der Waals surface area contributed by atoms with E-state index >= 15 is 0 Å². The molecule has 1 N–H and O–H groups in total. The number of nitrogens with zero attached hydrogens (tertiary/aromatic N) is 5. The molecule has 0 radical (unpaired) electrons. The standard InChI is InChI=1S/C25H20N6O3/c1-30-23(15-3-5-19-20(11-15)27-9-8-26-19)18(12-28-30)14-2-4-17-16(10-14)13-31(25(17)34)21-6-7-22(32)29-24(21)33/h2-5,8-12,21H,6-7,13H2,1H3,(H,29,32,33)/t21-/m0/s1. The molecule has 1 atom stereocenters. The van der Waals surface area contributed by atoms with Gasteiger partial charge in [0.05, 0.1) is 22.9 Å². The first-order chi connectivity index (χ1) is 16.5. The minimum atomic E-state index is -0.631. The summed E-state index contributed by atoms with van der Waals surface area (Å²) in [6.45, 7) is 0.329. The van der Waals surface area contributed by atoms with Crippen molar-refractivity contribution in [1.82, 2.24) is 30.0 Å². The van der Waals surface area contributed by atoms with Crippen LogP contribution in [0.1, 0.15) is 28.8 Å². The van der Waals surface area contributed by atoms with E-state index in [2.05, 4.69) is 20.4 Å². The average molecular weight is 452 g/mol. The number of hydrogen-bond acceptors (Lipinski definition) is 6. The lowest BCUT2D eigenvalue weighted by molar-refractivity contribution is -0.136. The first-order valence-electron chi connectivity index (χ1n) is 11.0. The SMILES string of the molecule is Cn1ncc(-c2ccc3c(c2)CN([C@H]2CCC(=O)NC2=O)C3=O)c1-c1ccc2nccnc2c1. The van der Waals surface area contributed by atoms with Crippen LogP contribution in [0, 0.1) is 0 Å². The summed E-state index contributed by atoms with van der Waals surface area (Å²) in [5.74, 6) is -0.890. The van der Waals surface area contributed by atoms with E-state index in [4.69, 9.17) is 0 Å². The smallest absolute Gasteiger partial charge is 0.255 e. The number of piperidine rings is 1. The van der Waals surface area contributed by atoms with E-state index in [0.717, 1.165) is 39.0 Å². The average Bonchev–Trinajstić information content (AvgIpc) is 3.38. The van der Waals surface area contributed by atoms with Crippen molar-refractivity contribution in [2.75, 3.05) is 0 Å². The molecule has 9 nitrogen and oxygen atoms in total. The molecule has 2 aliphatic heterocycles. The number of carbonyl (C=O) groups is 3. The van der Waals surface area contributed by atoms with Crippen molar-refractivity contribution in [3.05, 3.63) is 66.1 Å². The highest BCUT2D eigenvalue weighted by atomic mass is 16.2. The van der Waals surface area contributed by atoms with Gasteiger partial charge in [-0.3, -0.25) is 34.4 Å². The molecule has 1 fully saturated rings. The summed E-state index contributed by atoms with van der Waals surface area (Å²) in [4.78, 5) is 47.2. The number of nitrogens with one attached hydrogen (secondary N) is 1. The van der Waals surface area contributed by atoms with E-state index in [1.165, 1.54) is 0 Å². The van der Waals surface area contributed by atoms with Crippen LogP contribution in [-0.4, -0.2) is 48.4 Å². The molecule has 0 spiro atoms. The summed E-state index contributed by atoms with van der Waals surface area (Å²) in [6, 6.07) is 11.0. The van der Waals surface area contributed by atoms with Crippen LogP contribution in [0.3, 0.4) is 0 Å². The molecule has 0 aliphatic carbocycles. The van der Waals surface area contributed by atoms with Crippen molar-refractivity contribution in [3.63, 3.8) is 0 Å². The van der Waals surface area contributed by atoms with Crippen LogP contribution in [0.4, 0.5) is 0 Å². The summed E-state index contributed by atoms with van der Waals surface area (Å²) in [7, 11) is 1.89. The Morgan fingerprint density at radius 3 is 2.56 bits per heavy atom. The van der Waals surface area contributed by atoms with E-state index < -0.39 is 11.9 Å². The minimum Gasteiger partial charge on any atom is -0.322 e. The Morgan fingerprint density at radius 1 is 0.941 bits per heavy atom. The third-order valence-corrected chi connectivity index (χ3v) is 6.52. The molecule has 34 heavy (non-hydrogen) atoms. The number of fused-ring (bicyclic) bond motifs is 2. The molecule has 0 saturated carbocycles. The van der Waals surface area contributed by atoms with Crippen molar-refractivity contribution in [2.24, 2.45) is 7.05 Å². The molecule has 4 heterocycles. The van der Waals surface area contributed by atoms with Gasteiger partial charge in [0.2, 0.25) is 11.8 Å². The first-order valence-corrected chi connectivity index (χ1v) is 11.0. The monoisotopic (exact) mass is 452 g/mol. The molecular weight excluding hydrogens is 432 g/mol. The summed E-state index contributed by atoms with van der Waals surface area (Å²) >= 11 is 0. The Labute approximate surface area is 194 Å². The Kier molecular flexibility index (Phi) is 4.51. The maximum Gasteiger partial charge on any atom is 0.255 e. The summed E-state index contributed by atoms with van der Waals surface area (Å²) < 4.78 is 1.82. The number of benzene rings is 2. The van der Waals surface area contributed by atoms with Gasteiger partial charge in [-0.05, 0) is 41.8 Å². The third-order valence-electron chi connectivity index (χ3n) is 6.52. The number of imide groups is 1. The Bertz CT molecular complexity index is 1510. The van der Waals surface area contributed by atoms with Gasteiger partial charge in [0.25, 0.3) is 5.91 Å². The normalized spacial score (nSPS) is 17.9. The van der Waals surface area contributed by atoms with Crippen LogP contribution in [0.5, 0.6) is 0 Å². The fourth-order valence-electron chi connectivity index (χ4n) is 4.84. The quantitative estimate of drug-likeness (QED) is 0.478. The molecule has 3 amide bonds. The second-order valence-corrected chi connectivity index (χ2v) is 8.56. The fraction of sp³-hybridized carbons (Fsp3) is 0.200. The summed E-state index contributed by atoms with van der Waals surface area (Å²) in [5.41, 5.74) is 6.81. The van der Waals surface area contributed by atoms with Gasteiger partial charge in [0.15, 0.2) is 0 Å². The summed E-state index contributed by atoms with van der Waals surface area (Å²) in [6.07, 6.45) is 5.72. The zero-order valence-electron chi connectivity index (χ0n) is 18.4. The van der Waals surface area contributed by atoms with Gasteiger partial charge in [-0.15, -0.1) is 0 Å². The number of aryl methyl sites for hydroxylation is 1. The summed E-state index contributed by atoms with van der Waals surface area (Å²) in [5, 5.41) is 6.82. The van der Waals surface area contributed by atoms with Gasteiger partial charge >= 0.3 is 0 Å². The fourth-order valence-corrected chi connectivity index (χ4v) is 4.84. The van der Waals surface area contributed by atoms with Gasteiger partial charge in [0.1, 0.15) is 6.04 Å². The Hall–Kier alpha value is -4.40. The lowest BCUT2D eigenvalue weighted by Crippen LogP contribution is -2.52. The van der Waals surface area contributed by atoms with Gasteiger partial charge < -0.3 is 4.90 Å². The van der Waals surface area contributed by atoms with Crippen LogP contribution in [0.15, 0.2) is 55.0 Å². The van der Waals surface area contributed by atoms with Gasteiger partial charge in [0, 0.05) is 49.1 Å². The molecule has 0 unspecified atom stereocenters. The van der Waals surface area contributed by atoms with E-state index in [0.29, 0.717) is 18.5 Å². The second-order valence-electron chi connectivity index (χ2n) is 8.56. The molecule has 2 aliphatic rings. The molecule has 0 bridgehead atoms. The molecular formula is C25H20N6O3. The predicted octanol–water partition coefficient (Wildman–Crippen LogP) is 2.46. The van der Waals surface area contributed by atoms with Crippen LogP contribution >= 0.6 is 0 Å². The molecule has 168 valence electrons. The van der Waals surface area contributed by atoms with Crippen LogP contribution in [-0.2, 0) is 23.2 Å². The molecule has 4 aromatic rings. The van der Waals surface area contributed by atoms with E-state index in [1.54, 1.807) is 17.3 Å². The molecule has 2 aromatic heterocycles. The first kappa shape index (κ1) is 20.2. The molecule has 1 saturated heterocycles. The Morgan fingerprint density at radius 2 is 1.74 bits per heavy atom. The van der Waals surface area contributed by atoms with Crippen molar-refractivity contribution >= 4 is 28.8 Å². The molecule has 6 rings (SSSR count). The van der Waals surface area contributed by atoms with E-state index in [9.17, 15) is 14.4 Å². The van der Waals surface area contributed by atoms with Crippen molar-refractivity contribution < 1.29 is 14.4 Å². The van der Waals surface area contributed by atoms with Crippen LogP contribution < -0.4 is 5.32 Å². The van der Waals surface area contributed by atoms with Crippen molar-refractivity contribution in [1.29, 1.82) is 0 Å². The number of hydrogen-bond donors (Lipinski definition) is 1. The number of carbonyl (C=O) groups excluding carboxylic acids is 3. The maximum absolute atomic E-state index is 13.0. The third kappa shape index (κ3) is 3.16. The maximum atomic E-state index is 13.0. The highest BCUT2D eigenvalue weighted by Crippen LogP contribution is 2.36.